The zero-order valence-electron chi connectivity index (χ0n) is 13.5. The van der Waals surface area contributed by atoms with Crippen molar-refractivity contribution in [3.63, 3.8) is 0 Å². The van der Waals surface area contributed by atoms with Gasteiger partial charge in [0.25, 0.3) is 0 Å². The predicted molar refractivity (Wildman–Crippen MR) is 84.2 cm³/mol. The molecule has 1 aromatic carbocycles. The quantitative estimate of drug-likeness (QED) is 0.873. The van der Waals surface area contributed by atoms with Crippen molar-refractivity contribution in [2.75, 3.05) is 12.8 Å². The highest BCUT2D eigenvalue weighted by molar-refractivity contribution is 7.89. The highest BCUT2D eigenvalue weighted by Crippen LogP contribution is 2.31. The number of anilines is 1. The maximum Gasteiger partial charge on any atom is 0.243 e. The summed E-state index contributed by atoms with van der Waals surface area (Å²) in [6.45, 7) is 11.6. The smallest absolute Gasteiger partial charge is 0.243 e. The molecular weight excluding hydrogens is 272 g/mol. The SMILES string of the molecule is Cc1ccc(N)c(C)c1S(=O)(=O)N(C)C(C)C(C)(C)C. The van der Waals surface area contributed by atoms with E-state index in [-0.39, 0.29) is 11.5 Å². The van der Waals surface area contributed by atoms with Crippen LogP contribution in [0.2, 0.25) is 0 Å². The van der Waals surface area contributed by atoms with Gasteiger partial charge in [0, 0.05) is 18.8 Å². The van der Waals surface area contributed by atoms with Crippen molar-refractivity contribution in [3.05, 3.63) is 23.3 Å². The van der Waals surface area contributed by atoms with Crippen LogP contribution in [-0.2, 0) is 10.0 Å². The third kappa shape index (κ3) is 2.99. The molecule has 5 heteroatoms. The van der Waals surface area contributed by atoms with Crippen LogP contribution in [0.3, 0.4) is 0 Å². The molecule has 0 fully saturated rings. The Morgan fingerprint density at radius 1 is 1.20 bits per heavy atom. The molecular formula is C15H26N2O2S. The summed E-state index contributed by atoms with van der Waals surface area (Å²) in [7, 11) is -1.92. The van der Waals surface area contributed by atoms with E-state index in [1.807, 2.05) is 27.7 Å². The molecule has 0 aliphatic carbocycles. The Hall–Kier alpha value is -1.07. The van der Waals surface area contributed by atoms with Crippen molar-refractivity contribution in [1.82, 2.24) is 4.31 Å². The van der Waals surface area contributed by atoms with E-state index in [0.717, 1.165) is 5.56 Å². The van der Waals surface area contributed by atoms with Gasteiger partial charge < -0.3 is 5.73 Å². The molecule has 1 rings (SSSR count). The maximum absolute atomic E-state index is 12.9. The van der Waals surface area contributed by atoms with Gasteiger partial charge in [-0.1, -0.05) is 26.8 Å². The van der Waals surface area contributed by atoms with Crippen molar-refractivity contribution in [3.8, 4) is 0 Å². The molecule has 20 heavy (non-hydrogen) atoms. The van der Waals surface area contributed by atoms with Crippen molar-refractivity contribution in [2.45, 2.75) is 52.5 Å². The predicted octanol–water partition coefficient (Wildman–Crippen LogP) is 2.94. The molecule has 0 saturated carbocycles. The van der Waals surface area contributed by atoms with E-state index in [1.54, 1.807) is 33.0 Å². The molecule has 1 unspecified atom stereocenters. The number of sulfonamides is 1. The van der Waals surface area contributed by atoms with E-state index in [9.17, 15) is 8.42 Å². The monoisotopic (exact) mass is 298 g/mol. The fourth-order valence-corrected chi connectivity index (χ4v) is 4.14. The molecule has 0 amide bonds. The molecule has 4 nitrogen and oxygen atoms in total. The highest BCUT2D eigenvalue weighted by Gasteiger charge is 2.34. The first-order valence-corrected chi connectivity index (χ1v) is 8.18. The number of nitrogens with zero attached hydrogens (tertiary/aromatic N) is 1. The lowest BCUT2D eigenvalue weighted by Gasteiger charge is -2.35. The molecule has 0 spiro atoms. The van der Waals surface area contributed by atoms with Crippen LogP contribution in [0.1, 0.15) is 38.8 Å². The second-order valence-corrected chi connectivity index (χ2v) is 8.42. The second-order valence-electron chi connectivity index (χ2n) is 6.49. The second kappa shape index (κ2) is 5.37. The number of aryl methyl sites for hydroxylation is 1. The minimum Gasteiger partial charge on any atom is -0.398 e. The fraction of sp³-hybridized carbons (Fsp3) is 0.600. The van der Waals surface area contributed by atoms with E-state index in [4.69, 9.17) is 5.73 Å². The summed E-state index contributed by atoms with van der Waals surface area (Å²) < 4.78 is 27.2. The molecule has 0 aliphatic heterocycles. The lowest BCUT2D eigenvalue weighted by Crippen LogP contribution is -2.43. The van der Waals surface area contributed by atoms with Crippen LogP contribution in [0.15, 0.2) is 17.0 Å². The van der Waals surface area contributed by atoms with E-state index in [0.29, 0.717) is 16.1 Å². The normalized spacial score (nSPS) is 14.6. The van der Waals surface area contributed by atoms with Crippen LogP contribution in [0.4, 0.5) is 5.69 Å². The Bertz CT molecular complexity index is 601. The van der Waals surface area contributed by atoms with Gasteiger partial charge in [-0.15, -0.1) is 0 Å². The first-order valence-electron chi connectivity index (χ1n) is 6.74. The Balaban J connectivity index is 3.42. The number of rotatable bonds is 3. The van der Waals surface area contributed by atoms with E-state index in [2.05, 4.69) is 0 Å². The van der Waals surface area contributed by atoms with Gasteiger partial charge in [-0.05, 0) is 43.4 Å². The highest BCUT2D eigenvalue weighted by atomic mass is 32.2. The van der Waals surface area contributed by atoms with Crippen LogP contribution in [0.5, 0.6) is 0 Å². The number of nitrogen functional groups attached to an aromatic ring is 1. The van der Waals surface area contributed by atoms with Gasteiger partial charge in [0.15, 0.2) is 0 Å². The maximum atomic E-state index is 12.9. The Kier molecular flexibility index (Phi) is 4.56. The average molecular weight is 298 g/mol. The van der Waals surface area contributed by atoms with Gasteiger partial charge >= 0.3 is 0 Å². The van der Waals surface area contributed by atoms with Crippen molar-refractivity contribution >= 4 is 15.7 Å². The Morgan fingerprint density at radius 2 is 1.70 bits per heavy atom. The van der Waals surface area contributed by atoms with Crippen LogP contribution < -0.4 is 5.73 Å². The number of hydrogen-bond acceptors (Lipinski definition) is 3. The largest absolute Gasteiger partial charge is 0.398 e. The average Bonchev–Trinajstić information content (AvgIpc) is 2.31. The Labute approximate surface area is 123 Å². The Morgan fingerprint density at radius 3 is 2.15 bits per heavy atom. The molecule has 0 aromatic heterocycles. The summed E-state index contributed by atoms with van der Waals surface area (Å²) in [6.07, 6.45) is 0. The molecule has 0 aliphatic rings. The van der Waals surface area contributed by atoms with E-state index >= 15 is 0 Å². The molecule has 114 valence electrons. The van der Waals surface area contributed by atoms with Crippen molar-refractivity contribution in [1.29, 1.82) is 0 Å². The fourth-order valence-electron chi connectivity index (χ4n) is 2.14. The van der Waals surface area contributed by atoms with Crippen molar-refractivity contribution in [2.24, 2.45) is 5.41 Å². The van der Waals surface area contributed by atoms with Gasteiger partial charge in [-0.25, -0.2) is 8.42 Å². The number of hydrogen-bond donors (Lipinski definition) is 1. The molecule has 0 radical (unpaired) electrons. The lowest BCUT2D eigenvalue weighted by atomic mass is 9.88. The molecule has 2 N–H and O–H groups in total. The summed E-state index contributed by atoms with van der Waals surface area (Å²) in [5, 5.41) is 0. The summed E-state index contributed by atoms with van der Waals surface area (Å²) in [4.78, 5) is 0.330. The minimum atomic E-state index is -3.55. The minimum absolute atomic E-state index is 0.118. The lowest BCUT2D eigenvalue weighted by molar-refractivity contribution is 0.216. The number of nitrogens with two attached hydrogens (primary N) is 1. The van der Waals surface area contributed by atoms with Gasteiger partial charge in [0.05, 0.1) is 4.90 Å². The van der Waals surface area contributed by atoms with Crippen LogP contribution in [-0.4, -0.2) is 25.8 Å². The third-order valence-electron chi connectivity index (χ3n) is 4.08. The van der Waals surface area contributed by atoms with Gasteiger partial charge in [0.1, 0.15) is 0 Å². The number of benzene rings is 1. The molecule has 0 heterocycles. The molecule has 1 atom stereocenters. The van der Waals surface area contributed by atoms with Crippen LogP contribution in [0.25, 0.3) is 0 Å². The molecule has 0 saturated heterocycles. The van der Waals surface area contributed by atoms with Gasteiger partial charge in [-0.3, -0.25) is 0 Å². The summed E-state index contributed by atoms with van der Waals surface area (Å²) in [5.41, 5.74) is 7.59. The zero-order valence-corrected chi connectivity index (χ0v) is 14.3. The van der Waals surface area contributed by atoms with Crippen LogP contribution >= 0.6 is 0 Å². The molecule has 1 aromatic rings. The van der Waals surface area contributed by atoms with E-state index < -0.39 is 10.0 Å². The first kappa shape index (κ1) is 17.0. The topological polar surface area (TPSA) is 63.4 Å². The van der Waals surface area contributed by atoms with Gasteiger partial charge in [0.2, 0.25) is 10.0 Å². The summed E-state index contributed by atoms with van der Waals surface area (Å²) in [5.74, 6) is 0. The molecule has 0 bridgehead atoms. The van der Waals surface area contributed by atoms with Crippen LogP contribution in [0, 0.1) is 19.3 Å². The standard InChI is InChI=1S/C15H26N2O2S/c1-10-8-9-13(16)11(2)14(10)20(18,19)17(7)12(3)15(4,5)6/h8-9,12H,16H2,1-7H3. The summed E-state index contributed by atoms with van der Waals surface area (Å²) in [6, 6.07) is 3.38. The van der Waals surface area contributed by atoms with E-state index in [1.165, 1.54) is 4.31 Å². The first-order chi connectivity index (χ1) is 8.90. The summed E-state index contributed by atoms with van der Waals surface area (Å²) >= 11 is 0. The van der Waals surface area contributed by atoms with Gasteiger partial charge in [-0.2, -0.15) is 4.31 Å². The zero-order chi connectivity index (χ0) is 15.9. The van der Waals surface area contributed by atoms with Crippen molar-refractivity contribution < 1.29 is 8.42 Å². The third-order valence-corrected chi connectivity index (χ3v) is 6.30.